The van der Waals surface area contributed by atoms with E-state index in [1.54, 1.807) is 29.2 Å². The number of anilines is 1. The molecule has 1 amide bonds. The summed E-state index contributed by atoms with van der Waals surface area (Å²) in [5.41, 5.74) is 2.66. The topological polar surface area (TPSA) is 83.7 Å². The van der Waals surface area contributed by atoms with Crippen LogP contribution in [0, 0.1) is 13.8 Å². The van der Waals surface area contributed by atoms with Crippen molar-refractivity contribution in [2.45, 2.75) is 30.7 Å². The number of nitrogens with zero attached hydrogens (tertiary/aromatic N) is 3. The van der Waals surface area contributed by atoms with Gasteiger partial charge in [-0.15, -0.1) is 0 Å². The van der Waals surface area contributed by atoms with E-state index in [1.165, 1.54) is 6.92 Å². The van der Waals surface area contributed by atoms with Crippen molar-refractivity contribution in [2.24, 2.45) is 0 Å². The molecule has 0 N–H and O–H groups in total. The average molecular weight is 440 g/mol. The monoisotopic (exact) mass is 439 g/mol. The lowest BCUT2D eigenvalue weighted by Gasteiger charge is -2.34. The zero-order valence-electron chi connectivity index (χ0n) is 17.8. The molecule has 0 saturated carbocycles. The van der Waals surface area contributed by atoms with Gasteiger partial charge in [-0.2, -0.15) is 4.98 Å². The van der Waals surface area contributed by atoms with Gasteiger partial charge in [-0.3, -0.25) is 4.79 Å². The predicted octanol–water partition coefficient (Wildman–Crippen LogP) is 3.46. The number of aromatic nitrogens is 1. The van der Waals surface area contributed by atoms with Gasteiger partial charge in [-0.1, -0.05) is 35.9 Å². The van der Waals surface area contributed by atoms with Gasteiger partial charge in [-0.25, -0.2) is 8.42 Å². The summed E-state index contributed by atoms with van der Waals surface area (Å²) in [7, 11) is -3.89. The van der Waals surface area contributed by atoms with Gasteiger partial charge in [0.05, 0.1) is 4.90 Å². The molecule has 0 aliphatic carbocycles. The van der Waals surface area contributed by atoms with Gasteiger partial charge >= 0.3 is 0 Å². The van der Waals surface area contributed by atoms with Crippen LogP contribution < -0.4 is 4.90 Å². The van der Waals surface area contributed by atoms with Gasteiger partial charge < -0.3 is 14.2 Å². The van der Waals surface area contributed by atoms with Gasteiger partial charge in [0.15, 0.2) is 0 Å². The fourth-order valence-electron chi connectivity index (χ4n) is 3.65. The second-order valence-electron chi connectivity index (χ2n) is 7.75. The first-order valence-corrected chi connectivity index (χ1v) is 11.6. The lowest BCUT2D eigenvalue weighted by Crippen LogP contribution is -2.48. The Morgan fingerprint density at radius 3 is 2.23 bits per heavy atom. The molecule has 1 aromatic heterocycles. The molecule has 1 fully saturated rings. The molecule has 8 heteroatoms. The number of rotatable bonds is 4. The Morgan fingerprint density at radius 1 is 0.968 bits per heavy atom. The predicted molar refractivity (Wildman–Crippen MR) is 118 cm³/mol. The second kappa shape index (κ2) is 8.19. The molecule has 31 heavy (non-hydrogen) atoms. The van der Waals surface area contributed by atoms with E-state index in [9.17, 15) is 13.2 Å². The number of amides is 1. The van der Waals surface area contributed by atoms with Crippen molar-refractivity contribution < 1.29 is 17.6 Å². The lowest BCUT2D eigenvalue weighted by atomic mass is 10.1. The largest absolute Gasteiger partial charge is 0.419 e. The van der Waals surface area contributed by atoms with Crippen LogP contribution >= 0.6 is 0 Å². The zero-order valence-corrected chi connectivity index (χ0v) is 18.6. The summed E-state index contributed by atoms with van der Waals surface area (Å²) < 4.78 is 33.1. The molecule has 0 radical (unpaired) electrons. The number of hydrogen-bond acceptors (Lipinski definition) is 6. The molecule has 0 bridgehead atoms. The number of piperazine rings is 1. The highest BCUT2D eigenvalue weighted by Gasteiger charge is 2.33. The van der Waals surface area contributed by atoms with Gasteiger partial charge in [0.1, 0.15) is 0 Å². The van der Waals surface area contributed by atoms with E-state index in [0.29, 0.717) is 26.2 Å². The fourth-order valence-corrected chi connectivity index (χ4v) is 4.98. The van der Waals surface area contributed by atoms with Crippen LogP contribution in [-0.4, -0.2) is 50.4 Å². The van der Waals surface area contributed by atoms with Crippen LogP contribution in [-0.2, 0) is 14.6 Å². The molecule has 2 heterocycles. The number of benzene rings is 2. The first-order valence-electron chi connectivity index (χ1n) is 10.2. The Balaban J connectivity index is 1.80. The number of carbonyl (C=O) groups excluding carboxylic acids is 1. The summed E-state index contributed by atoms with van der Waals surface area (Å²) in [6, 6.07) is 14.3. The third-order valence-electron chi connectivity index (χ3n) is 5.55. The Morgan fingerprint density at radius 2 is 1.61 bits per heavy atom. The Labute approximate surface area is 182 Å². The second-order valence-corrected chi connectivity index (χ2v) is 9.62. The van der Waals surface area contributed by atoms with Gasteiger partial charge in [0.25, 0.3) is 0 Å². The molecule has 4 rings (SSSR count). The first kappa shape index (κ1) is 21.1. The summed E-state index contributed by atoms with van der Waals surface area (Å²) in [5, 5.41) is -0.0918. The van der Waals surface area contributed by atoms with Crippen LogP contribution in [0.15, 0.2) is 62.9 Å². The first-order chi connectivity index (χ1) is 14.8. The molecule has 1 saturated heterocycles. The van der Waals surface area contributed by atoms with Crippen LogP contribution in [0.1, 0.15) is 18.1 Å². The standard InChI is InChI=1S/C23H25N3O4S/c1-16-8-10-19(11-9-16)31(28,29)22-23(26-14-12-25(13-15-26)18(3)27)30-21(24-22)20-7-5-4-6-17(20)2/h4-11H,12-15H2,1-3H3. The summed E-state index contributed by atoms with van der Waals surface area (Å²) in [6.45, 7) is 7.31. The molecular formula is C23H25N3O4S. The Hall–Kier alpha value is -3.13. The maximum absolute atomic E-state index is 13.5. The van der Waals surface area contributed by atoms with Crippen LogP contribution in [0.2, 0.25) is 0 Å². The van der Waals surface area contributed by atoms with Crippen molar-refractivity contribution >= 4 is 21.6 Å². The quantitative estimate of drug-likeness (QED) is 0.619. The lowest BCUT2D eigenvalue weighted by molar-refractivity contribution is -0.129. The minimum Gasteiger partial charge on any atom is -0.419 e. The number of aryl methyl sites for hydroxylation is 2. The van der Waals surface area contributed by atoms with Crippen molar-refractivity contribution in [2.75, 3.05) is 31.1 Å². The number of oxazole rings is 1. The van der Waals surface area contributed by atoms with Crippen LogP contribution in [0.25, 0.3) is 11.5 Å². The molecule has 7 nitrogen and oxygen atoms in total. The summed E-state index contributed by atoms with van der Waals surface area (Å²) in [5.74, 6) is 0.500. The van der Waals surface area contributed by atoms with Gasteiger partial charge in [-0.05, 0) is 37.6 Å². The third kappa shape index (κ3) is 4.07. The molecule has 0 spiro atoms. The van der Waals surface area contributed by atoms with Crippen molar-refractivity contribution in [3.8, 4) is 11.5 Å². The maximum Gasteiger partial charge on any atom is 0.236 e. The van der Waals surface area contributed by atoms with E-state index in [2.05, 4.69) is 4.98 Å². The molecule has 0 atom stereocenters. The Bertz CT molecular complexity index is 1210. The van der Waals surface area contributed by atoms with E-state index in [0.717, 1.165) is 16.7 Å². The number of carbonyl (C=O) groups is 1. The van der Waals surface area contributed by atoms with E-state index < -0.39 is 9.84 Å². The molecule has 0 unspecified atom stereocenters. The molecule has 1 aliphatic rings. The molecular weight excluding hydrogens is 414 g/mol. The van der Waals surface area contributed by atoms with Gasteiger partial charge in [0.2, 0.25) is 32.5 Å². The highest BCUT2D eigenvalue weighted by Crippen LogP contribution is 2.36. The molecule has 1 aliphatic heterocycles. The summed E-state index contributed by atoms with van der Waals surface area (Å²) >= 11 is 0. The minimum absolute atomic E-state index is 0.00493. The minimum atomic E-state index is -3.89. The van der Waals surface area contributed by atoms with E-state index in [4.69, 9.17) is 4.42 Å². The van der Waals surface area contributed by atoms with E-state index >= 15 is 0 Å². The molecule has 162 valence electrons. The smallest absolute Gasteiger partial charge is 0.236 e. The van der Waals surface area contributed by atoms with Crippen LogP contribution in [0.4, 0.5) is 5.88 Å². The Kier molecular flexibility index (Phi) is 5.58. The normalized spacial score (nSPS) is 14.7. The van der Waals surface area contributed by atoms with E-state index in [1.807, 2.05) is 43.0 Å². The zero-order chi connectivity index (χ0) is 22.2. The fraction of sp³-hybridized carbons (Fsp3) is 0.304. The highest BCUT2D eigenvalue weighted by atomic mass is 32.2. The third-order valence-corrected chi connectivity index (χ3v) is 7.22. The molecule has 2 aromatic carbocycles. The van der Waals surface area contributed by atoms with E-state index in [-0.39, 0.29) is 27.6 Å². The van der Waals surface area contributed by atoms with Crippen LogP contribution in [0.3, 0.4) is 0 Å². The number of hydrogen-bond donors (Lipinski definition) is 0. The van der Waals surface area contributed by atoms with Crippen molar-refractivity contribution in [3.63, 3.8) is 0 Å². The SMILES string of the molecule is CC(=O)N1CCN(c2oc(-c3ccccc3C)nc2S(=O)(=O)c2ccc(C)cc2)CC1. The van der Waals surface area contributed by atoms with Gasteiger partial charge in [0, 0.05) is 38.7 Å². The summed E-state index contributed by atoms with van der Waals surface area (Å²) in [4.78, 5) is 19.9. The maximum atomic E-state index is 13.5. The molecule has 3 aromatic rings. The number of sulfone groups is 1. The van der Waals surface area contributed by atoms with Crippen molar-refractivity contribution in [1.29, 1.82) is 0 Å². The summed E-state index contributed by atoms with van der Waals surface area (Å²) in [6.07, 6.45) is 0. The van der Waals surface area contributed by atoms with Crippen molar-refractivity contribution in [3.05, 3.63) is 59.7 Å². The highest BCUT2D eigenvalue weighted by molar-refractivity contribution is 7.91. The van der Waals surface area contributed by atoms with Crippen molar-refractivity contribution in [1.82, 2.24) is 9.88 Å². The van der Waals surface area contributed by atoms with Crippen LogP contribution in [0.5, 0.6) is 0 Å². The average Bonchev–Trinajstić information content (AvgIpc) is 3.20.